The van der Waals surface area contributed by atoms with Gasteiger partial charge < -0.3 is 11.1 Å². The average Bonchev–Trinajstić information content (AvgIpc) is 2.38. The zero-order valence-electron chi connectivity index (χ0n) is 10.6. The second kappa shape index (κ2) is 4.92. The number of aryl methyl sites for hydroxylation is 1. The normalized spacial score (nSPS) is 10.4. The first-order valence-electron chi connectivity index (χ1n) is 5.59. The number of hydrogen-bond donors (Lipinski definition) is 3. The topological polar surface area (TPSA) is 119 Å². The summed E-state index contributed by atoms with van der Waals surface area (Å²) in [6.45, 7) is 2.12. The molecule has 0 saturated heterocycles. The lowest BCUT2D eigenvalue weighted by atomic mass is 10.4. The van der Waals surface area contributed by atoms with Gasteiger partial charge in [0, 0.05) is 13.2 Å². The van der Waals surface area contributed by atoms with E-state index in [1.54, 1.807) is 12.4 Å². The predicted molar refractivity (Wildman–Crippen MR) is 70.8 cm³/mol. The third-order valence-corrected chi connectivity index (χ3v) is 2.65. The number of nitrogen functional groups attached to an aromatic ring is 1. The highest BCUT2D eigenvalue weighted by atomic mass is 16.2. The van der Waals surface area contributed by atoms with Gasteiger partial charge in [0.2, 0.25) is 0 Å². The minimum atomic E-state index is -0.555. The molecule has 0 spiro atoms. The molecule has 0 fully saturated rings. The molecule has 0 unspecified atom stereocenters. The van der Waals surface area contributed by atoms with Crippen molar-refractivity contribution in [2.45, 2.75) is 13.5 Å². The molecule has 19 heavy (non-hydrogen) atoms. The van der Waals surface area contributed by atoms with Crippen LogP contribution in [0, 0.1) is 6.92 Å². The number of aromatic amines is 1. The van der Waals surface area contributed by atoms with Crippen molar-refractivity contribution in [3.05, 3.63) is 44.6 Å². The summed E-state index contributed by atoms with van der Waals surface area (Å²) < 4.78 is 1.16. The summed E-state index contributed by atoms with van der Waals surface area (Å²) in [4.78, 5) is 33.3. The van der Waals surface area contributed by atoms with Crippen molar-refractivity contribution < 1.29 is 0 Å². The molecule has 2 aromatic heterocycles. The number of nitrogens with zero attached hydrogens (tertiary/aromatic N) is 3. The maximum Gasteiger partial charge on any atom is 0.329 e. The highest BCUT2D eigenvalue weighted by molar-refractivity contribution is 5.60. The molecule has 4 N–H and O–H groups in total. The minimum absolute atomic E-state index is 0.0776. The molecule has 0 saturated carbocycles. The van der Waals surface area contributed by atoms with Crippen molar-refractivity contribution in [1.29, 1.82) is 0 Å². The molecule has 0 aliphatic heterocycles. The van der Waals surface area contributed by atoms with Crippen LogP contribution in [-0.4, -0.2) is 19.5 Å². The van der Waals surface area contributed by atoms with Crippen LogP contribution in [0.15, 0.2) is 22.0 Å². The third-order valence-electron chi connectivity index (χ3n) is 2.65. The molecule has 0 atom stereocenters. The van der Waals surface area contributed by atoms with Gasteiger partial charge in [-0.25, -0.2) is 4.79 Å². The summed E-state index contributed by atoms with van der Waals surface area (Å²) in [5.74, 6) is 0.0776. The molecule has 0 aromatic carbocycles. The van der Waals surface area contributed by atoms with Gasteiger partial charge in [-0.3, -0.25) is 24.3 Å². The van der Waals surface area contributed by atoms with Gasteiger partial charge in [-0.15, -0.1) is 0 Å². The van der Waals surface area contributed by atoms with Gasteiger partial charge >= 0.3 is 5.69 Å². The minimum Gasteiger partial charge on any atom is -0.383 e. The van der Waals surface area contributed by atoms with E-state index in [-0.39, 0.29) is 11.5 Å². The molecule has 0 amide bonds. The second-order valence-corrected chi connectivity index (χ2v) is 4.08. The molecular formula is C11H14N6O2. The monoisotopic (exact) mass is 262 g/mol. The van der Waals surface area contributed by atoms with Crippen molar-refractivity contribution in [3.63, 3.8) is 0 Å². The van der Waals surface area contributed by atoms with Crippen LogP contribution in [-0.2, 0) is 13.6 Å². The van der Waals surface area contributed by atoms with Gasteiger partial charge in [0.1, 0.15) is 11.5 Å². The van der Waals surface area contributed by atoms with Gasteiger partial charge in [0.25, 0.3) is 5.56 Å². The highest BCUT2D eigenvalue weighted by Gasteiger charge is 2.09. The van der Waals surface area contributed by atoms with Crippen molar-refractivity contribution in [2.75, 3.05) is 11.1 Å². The Hall–Kier alpha value is -2.64. The van der Waals surface area contributed by atoms with Crippen LogP contribution >= 0.6 is 0 Å². The quantitative estimate of drug-likeness (QED) is 0.677. The van der Waals surface area contributed by atoms with Crippen molar-refractivity contribution >= 4 is 11.5 Å². The van der Waals surface area contributed by atoms with Gasteiger partial charge in [0.15, 0.2) is 0 Å². The lowest BCUT2D eigenvalue weighted by Gasteiger charge is -2.10. The van der Waals surface area contributed by atoms with Crippen molar-refractivity contribution in [2.24, 2.45) is 7.05 Å². The summed E-state index contributed by atoms with van der Waals surface area (Å²) in [5.41, 5.74) is 6.23. The lowest BCUT2D eigenvalue weighted by molar-refractivity contribution is 0.811. The molecule has 8 heteroatoms. The summed E-state index contributed by atoms with van der Waals surface area (Å²) >= 11 is 0. The van der Waals surface area contributed by atoms with Gasteiger partial charge in [-0.1, -0.05) is 0 Å². The molecular weight excluding hydrogens is 248 g/mol. The van der Waals surface area contributed by atoms with Gasteiger partial charge in [-0.05, 0) is 6.92 Å². The van der Waals surface area contributed by atoms with Crippen LogP contribution in [0.3, 0.4) is 0 Å². The Morgan fingerprint density at radius 2 is 2.11 bits per heavy atom. The third kappa shape index (κ3) is 2.62. The molecule has 8 nitrogen and oxygen atoms in total. The van der Waals surface area contributed by atoms with Gasteiger partial charge in [-0.2, -0.15) is 0 Å². The Kier molecular flexibility index (Phi) is 3.32. The van der Waals surface area contributed by atoms with E-state index in [9.17, 15) is 9.59 Å². The smallest absolute Gasteiger partial charge is 0.329 e. The number of anilines is 2. The predicted octanol–water partition coefficient (Wildman–Crippen LogP) is -0.634. The summed E-state index contributed by atoms with van der Waals surface area (Å²) in [6.07, 6.45) is 3.24. The molecule has 100 valence electrons. The second-order valence-electron chi connectivity index (χ2n) is 4.08. The molecule has 0 bridgehead atoms. The molecule has 2 heterocycles. The maximum absolute atomic E-state index is 11.6. The number of rotatable bonds is 3. The number of aromatic nitrogens is 4. The number of H-pyrrole nitrogens is 1. The Bertz CT molecular complexity index is 701. The molecule has 2 aromatic rings. The summed E-state index contributed by atoms with van der Waals surface area (Å²) in [5, 5.41) is 2.85. The van der Waals surface area contributed by atoms with Crippen LogP contribution in [0.4, 0.5) is 11.5 Å². The number of nitrogens with one attached hydrogen (secondary N) is 2. The first-order chi connectivity index (χ1) is 8.99. The maximum atomic E-state index is 11.6. The van der Waals surface area contributed by atoms with Crippen LogP contribution in [0.25, 0.3) is 0 Å². The van der Waals surface area contributed by atoms with E-state index >= 15 is 0 Å². The van der Waals surface area contributed by atoms with Crippen LogP contribution in [0.5, 0.6) is 0 Å². The van der Waals surface area contributed by atoms with Gasteiger partial charge in [0.05, 0.1) is 24.1 Å². The Morgan fingerprint density at radius 1 is 1.37 bits per heavy atom. The lowest BCUT2D eigenvalue weighted by Crippen LogP contribution is -2.32. The van der Waals surface area contributed by atoms with Crippen LogP contribution < -0.4 is 22.3 Å². The van der Waals surface area contributed by atoms with Crippen LogP contribution in [0.2, 0.25) is 0 Å². The fourth-order valence-electron chi connectivity index (χ4n) is 1.50. The zero-order chi connectivity index (χ0) is 14.0. The Labute approximate surface area is 108 Å². The fraction of sp³-hybridized carbons (Fsp3) is 0.273. The summed E-state index contributed by atoms with van der Waals surface area (Å²) in [7, 11) is 1.48. The van der Waals surface area contributed by atoms with E-state index in [1.165, 1.54) is 7.05 Å². The zero-order valence-corrected chi connectivity index (χ0v) is 10.6. The van der Waals surface area contributed by atoms with E-state index in [4.69, 9.17) is 5.73 Å². The standard InChI is InChI=1S/C11H14N6O2/c1-6-3-14-7(4-13-6)5-15-8-9(12)17(2)11(19)16-10(8)18/h3-4,15H,5,12H2,1-2H3,(H,16,18,19). The molecule has 0 aliphatic carbocycles. The largest absolute Gasteiger partial charge is 0.383 e. The molecule has 2 rings (SSSR count). The first-order valence-corrected chi connectivity index (χ1v) is 5.59. The molecule has 0 radical (unpaired) electrons. The van der Waals surface area contributed by atoms with E-state index in [0.717, 1.165) is 10.3 Å². The SMILES string of the molecule is Cc1cnc(CNc2c(N)n(C)c(=O)[nH]c2=O)cn1. The molecule has 0 aliphatic rings. The number of hydrogen-bond acceptors (Lipinski definition) is 6. The van der Waals surface area contributed by atoms with E-state index in [1.807, 2.05) is 6.92 Å². The highest BCUT2D eigenvalue weighted by Crippen LogP contribution is 2.09. The summed E-state index contributed by atoms with van der Waals surface area (Å²) in [6, 6.07) is 0. The Balaban J connectivity index is 2.25. The van der Waals surface area contributed by atoms with E-state index < -0.39 is 11.2 Å². The fourth-order valence-corrected chi connectivity index (χ4v) is 1.50. The number of nitrogens with two attached hydrogens (primary N) is 1. The van der Waals surface area contributed by atoms with Crippen molar-refractivity contribution in [3.8, 4) is 0 Å². The van der Waals surface area contributed by atoms with Crippen LogP contribution in [0.1, 0.15) is 11.4 Å². The van der Waals surface area contributed by atoms with E-state index in [0.29, 0.717) is 12.2 Å². The van der Waals surface area contributed by atoms with E-state index in [2.05, 4.69) is 20.3 Å². The first kappa shape index (κ1) is 12.8. The van der Waals surface area contributed by atoms with Crippen molar-refractivity contribution in [1.82, 2.24) is 19.5 Å². The Morgan fingerprint density at radius 3 is 2.74 bits per heavy atom. The average molecular weight is 262 g/mol.